The Bertz CT molecular complexity index is 324. The molecule has 5 aliphatic rings. The van der Waals surface area contributed by atoms with Crippen molar-refractivity contribution in [3.8, 4) is 0 Å². The second kappa shape index (κ2) is 2.83. The van der Waals surface area contributed by atoms with Crippen molar-refractivity contribution in [2.75, 3.05) is 0 Å². The van der Waals surface area contributed by atoms with E-state index >= 15 is 0 Å². The molecule has 0 heterocycles. The first-order valence-electron chi connectivity index (χ1n) is 7.06. The van der Waals surface area contributed by atoms with Crippen LogP contribution in [-0.2, 0) is 0 Å². The molecule has 86 valence electrons. The normalized spacial score (nSPS) is 51.4. The fraction of sp³-hybridized carbons (Fsp3) is 0.750. The molecule has 0 aromatic heterocycles. The van der Waals surface area contributed by atoms with Crippen LogP contribution >= 0.6 is 0 Å². The average Bonchev–Trinajstić information content (AvgIpc) is 2.64. The van der Waals surface area contributed by atoms with E-state index in [9.17, 15) is 0 Å². The smallest absolute Gasteiger partial charge is 0.00955 e. The molecule has 0 spiro atoms. The van der Waals surface area contributed by atoms with Crippen LogP contribution in [0.25, 0.3) is 0 Å². The van der Waals surface area contributed by atoms with Crippen molar-refractivity contribution in [1.29, 1.82) is 0 Å². The number of allylic oxidation sites excluding steroid dienone is 4. The summed E-state index contributed by atoms with van der Waals surface area (Å²) in [6.07, 6.45) is 18.8. The predicted molar refractivity (Wildman–Crippen MR) is 67.0 cm³/mol. The number of hydrogen-bond acceptors (Lipinski definition) is 0. The summed E-state index contributed by atoms with van der Waals surface area (Å²) in [5.41, 5.74) is 1.04. The van der Waals surface area contributed by atoms with Crippen LogP contribution in [0.3, 0.4) is 0 Å². The number of rotatable bonds is 1. The molecule has 0 radical (unpaired) electrons. The van der Waals surface area contributed by atoms with E-state index in [0.717, 1.165) is 17.8 Å². The molecule has 0 amide bonds. The van der Waals surface area contributed by atoms with E-state index in [2.05, 4.69) is 31.2 Å². The molecule has 0 atom stereocenters. The number of hydrogen-bond donors (Lipinski definition) is 0. The summed E-state index contributed by atoms with van der Waals surface area (Å²) in [5, 5.41) is 0. The van der Waals surface area contributed by atoms with Crippen molar-refractivity contribution in [2.24, 2.45) is 28.6 Å². The van der Waals surface area contributed by atoms with E-state index in [1.165, 1.54) is 19.3 Å². The van der Waals surface area contributed by atoms with E-state index in [-0.39, 0.29) is 0 Å². The van der Waals surface area contributed by atoms with Crippen LogP contribution in [0.5, 0.6) is 0 Å². The highest BCUT2D eigenvalue weighted by Gasteiger charge is 2.57. The first-order chi connectivity index (χ1) is 7.69. The molecule has 4 bridgehead atoms. The summed E-state index contributed by atoms with van der Waals surface area (Å²) >= 11 is 0. The Morgan fingerprint density at radius 1 is 0.812 bits per heavy atom. The third-order valence-corrected chi connectivity index (χ3v) is 6.18. The van der Waals surface area contributed by atoms with Crippen molar-refractivity contribution < 1.29 is 0 Å². The van der Waals surface area contributed by atoms with Crippen molar-refractivity contribution in [2.45, 2.75) is 45.4 Å². The van der Waals surface area contributed by atoms with Gasteiger partial charge in [0, 0.05) is 5.41 Å². The van der Waals surface area contributed by atoms with Crippen LogP contribution in [0.1, 0.15) is 45.4 Å². The lowest BCUT2D eigenvalue weighted by Gasteiger charge is -2.61. The van der Waals surface area contributed by atoms with E-state index in [0.29, 0.717) is 10.8 Å². The highest BCUT2D eigenvalue weighted by atomic mass is 14.6. The summed E-state index contributed by atoms with van der Waals surface area (Å²) < 4.78 is 0. The molecule has 0 N–H and O–H groups in total. The zero-order valence-electron chi connectivity index (χ0n) is 10.3. The maximum Gasteiger partial charge on any atom is 0.00955 e. The monoisotopic (exact) mass is 214 g/mol. The Kier molecular flexibility index (Phi) is 1.68. The van der Waals surface area contributed by atoms with Crippen LogP contribution < -0.4 is 0 Å². The Morgan fingerprint density at radius 2 is 1.25 bits per heavy atom. The molecule has 0 aromatic carbocycles. The predicted octanol–water partition coefficient (Wildman–Crippen LogP) is 4.34. The first-order valence-corrected chi connectivity index (χ1v) is 7.06. The SMILES string of the molecule is CC1(C23CC4CC(CC(C4)C2)C3)C=CC=C1. The highest BCUT2D eigenvalue weighted by Crippen LogP contribution is 2.67. The maximum absolute atomic E-state index is 2.49. The molecule has 0 aromatic rings. The summed E-state index contributed by atoms with van der Waals surface area (Å²) in [5.74, 6) is 3.22. The minimum atomic E-state index is 0.392. The third-order valence-electron chi connectivity index (χ3n) is 6.18. The molecular weight excluding hydrogens is 192 g/mol. The lowest BCUT2D eigenvalue weighted by atomic mass is 9.43. The van der Waals surface area contributed by atoms with Crippen LogP contribution in [-0.4, -0.2) is 0 Å². The fourth-order valence-corrected chi connectivity index (χ4v) is 5.69. The quantitative estimate of drug-likeness (QED) is 0.609. The molecule has 0 aliphatic heterocycles. The molecule has 4 fully saturated rings. The summed E-state index contributed by atoms with van der Waals surface area (Å²) in [6.45, 7) is 2.49. The Hall–Kier alpha value is -0.520. The Labute approximate surface area is 98.8 Å². The van der Waals surface area contributed by atoms with Gasteiger partial charge >= 0.3 is 0 Å². The van der Waals surface area contributed by atoms with Gasteiger partial charge in [0.05, 0.1) is 0 Å². The third kappa shape index (κ3) is 1.06. The van der Waals surface area contributed by atoms with Gasteiger partial charge in [-0.15, -0.1) is 0 Å². The van der Waals surface area contributed by atoms with Gasteiger partial charge in [-0.3, -0.25) is 0 Å². The van der Waals surface area contributed by atoms with Gasteiger partial charge in [0.2, 0.25) is 0 Å². The van der Waals surface area contributed by atoms with Crippen molar-refractivity contribution in [3.63, 3.8) is 0 Å². The van der Waals surface area contributed by atoms with Gasteiger partial charge in [0.1, 0.15) is 0 Å². The summed E-state index contributed by atoms with van der Waals surface area (Å²) in [6, 6.07) is 0. The zero-order valence-corrected chi connectivity index (χ0v) is 10.3. The minimum absolute atomic E-state index is 0.392. The van der Waals surface area contributed by atoms with Gasteiger partial charge < -0.3 is 0 Å². The first kappa shape index (κ1) is 9.50. The van der Waals surface area contributed by atoms with Gasteiger partial charge in [0.25, 0.3) is 0 Å². The maximum atomic E-state index is 2.49. The Morgan fingerprint density at radius 3 is 1.69 bits per heavy atom. The van der Waals surface area contributed by atoms with Gasteiger partial charge in [-0.05, 0) is 61.7 Å². The molecule has 0 nitrogen and oxygen atoms in total. The molecule has 0 unspecified atom stereocenters. The second-order valence-electron chi connectivity index (χ2n) is 7.20. The lowest BCUT2D eigenvalue weighted by molar-refractivity contribution is -0.0933. The highest BCUT2D eigenvalue weighted by molar-refractivity contribution is 5.29. The van der Waals surface area contributed by atoms with Gasteiger partial charge in [0.15, 0.2) is 0 Å². The standard InChI is InChI=1S/C16H22/c1-15(4-2-3-5-15)16-9-12-6-13(10-16)8-14(7-12)11-16/h2-5,12-14H,6-11H2,1H3. The van der Waals surface area contributed by atoms with Crippen molar-refractivity contribution >= 4 is 0 Å². The Balaban J connectivity index is 1.76. The van der Waals surface area contributed by atoms with Crippen LogP contribution in [0, 0.1) is 28.6 Å². The molecule has 4 saturated carbocycles. The van der Waals surface area contributed by atoms with E-state index in [1.807, 2.05) is 0 Å². The van der Waals surface area contributed by atoms with E-state index in [4.69, 9.17) is 0 Å². The van der Waals surface area contributed by atoms with Crippen molar-refractivity contribution in [1.82, 2.24) is 0 Å². The lowest BCUT2D eigenvalue weighted by Crippen LogP contribution is -2.52. The molecular formula is C16H22. The zero-order chi connectivity index (χ0) is 10.8. The van der Waals surface area contributed by atoms with Gasteiger partial charge in [-0.25, -0.2) is 0 Å². The molecule has 0 saturated heterocycles. The van der Waals surface area contributed by atoms with Crippen molar-refractivity contribution in [3.05, 3.63) is 24.3 Å². The van der Waals surface area contributed by atoms with E-state index in [1.54, 1.807) is 19.3 Å². The molecule has 5 rings (SSSR count). The van der Waals surface area contributed by atoms with Gasteiger partial charge in [-0.2, -0.15) is 0 Å². The van der Waals surface area contributed by atoms with Crippen LogP contribution in [0.15, 0.2) is 24.3 Å². The fourth-order valence-electron chi connectivity index (χ4n) is 5.69. The van der Waals surface area contributed by atoms with Crippen LogP contribution in [0.4, 0.5) is 0 Å². The van der Waals surface area contributed by atoms with Crippen LogP contribution in [0.2, 0.25) is 0 Å². The largest absolute Gasteiger partial charge is 0.0743 e. The average molecular weight is 214 g/mol. The summed E-state index contributed by atoms with van der Waals surface area (Å²) in [7, 11) is 0. The molecule has 0 heteroatoms. The van der Waals surface area contributed by atoms with Gasteiger partial charge in [-0.1, -0.05) is 31.2 Å². The molecule has 16 heavy (non-hydrogen) atoms. The van der Waals surface area contributed by atoms with E-state index < -0.39 is 0 Å². The topological polar surface area (TPSA) is 0 Å². The molecule has 5 aliphatic carbocycles. The summed E-state index contributed by atoms with van der Waals surface area (Å²) in [4.78, 5) is 0. The second-order valence-corrected chi connectivity index (χ2v) is 7.20. The minimum Gasteiger partial charge on any atom is -0.0743 e.